The number of hydrogen-bond acceptors (Lipinski definition) is 1. The summed E-state index contributed by atoms with van der Waals surface area (Å²) >= 11 is 0. The highest BCUT2D eigenvalue weighted by Crippen LogP contribution is 2.34. The summed E-state index contributed by atoms with van der Waals surface area (Å²) in [4.78, 5) is 0. The molecule has 1 aliphatic carbocycles. The first-order chi connectivity index (χ1) is 13.7. The zero-order valence-electron chi connectivity index (χ0n) is 17.8. The molecular weight excluding hydrogens is 345 g/mol. The van der Waals surface area contributed by atoms with Gasteiger partial charge in [-0.05, 0) is 67.6 Å². The topological polar surface area (TPSA) is 23.8 Å². The molecule has 0 saturated heterocycles. The van der Waals surface area contributed by atoms with Crippen molar-refractivity contribution < 1.29 is 4.39 Å². The van der Waals surface area contributed by atoms with Crippen LogP contribution in [0, 0.1) is 23.2 Å². The molecule has 28 heavy (non-hydrogen) atoms. The molecule has 1 aromatic rings. The van der Waals surface area contributed by atoms with Crippen molar-refractivity contribution in [1.29, 1.82) is 5.26 Å². The minimum Gasteiger partial charge on any atom is -0.195 e. The van der Waals surface area contributed by atoms with Crippen LogP contribution in [0.25, 0.3) is 0 Å². The van der Waals surface area contributed by atoms with E-state index in [-0.39, 0.29) is 0 Å². The Morgan fingerprint density at radius 3 is 2.00 bits per heavy atom. The Kier molecular flexibility index (Phi) is 11.0. The highest BCUT2D eigenvalue weighted by Gasteiger charge is 2.20. The monoisotopic (exact) mass is 383 g/mol. The van der Waals surface area contributed by atoms with Crippen molar-refractivity contribution in [3.63, 3.8) is 0 Å². The van der Waals surface area contributed by atoms with Gasteiger partial charge in [-0.15, -0.1) is 0 Å². The predicted molar refractivity (Wildman–Crippen MR) is 117 cm³/mol. The SMILES string of the molecule is CCCCCc1ccc(CCCC[C@H]2CC[C@H](CC/C=C(\F)C#N)CC2)cc1. The minimum atomic E-state index is -0.625. The van der Waals surface area contributed by atoms with Crippen LogP contribution in [0.1, 0.15) is 95.1 Å². The summed E-state index contributed by atoms with van der Waals surface area (Å²) in [6.45, 7) is 2.26. The summed E-state index contributed by atoms with van der Waals surface area (Å²) in [7, 11) is 0. The normalized spacial score (nSPS) is 20.1. The Labute approximate surface area is 172 Å². The van der Waals surface area contributed by atoms with Crippen molar-refractivity contribution in [3.8, 4) is 6.07 Å². The van der Waals surface area contributed by atoms with Gasteiger partial charge in [0, 0.05) is 0 Å². The van der Waals surface area contributed by atoms with E-state index in [0.29, 0.717) is 6.42 Å². The number of nitrogens with zero attached hydrogens (tertiary/aromatic N) is 1. The van der Waals surface area contributed by atoms with E-state index < -0.39 is 5.83 Å². The molecule has 1 aliphatic rings. The van der Waals surface area contributed by atoms with Crippen LogP contribution < -0.4 is 0 Å². The fraction of sp³-hybridized carbons (Fsp3) is 0.654. The third kappa shape index (κ3) is 9.05. The van der Waals surface area contributed by atoms with Crippen molar-refractivity contribution >= 4 is 0 Å². The highest BCUT2D eigenvalue weighted by molar-refractivity contribution is 5.22. The van der Waals surface area contributed by atoms with E-state index in [1.165, 1.54) is 94.3 Å². The number of rotatable bonds is 12. The van der Waals surface area contributed by atoms with Gasteiger partial charge in [-0.3, -0.25) is 0 Å². The molecule has 1 nitrogen and oxygen atoms in total. The van der Waals surface area contributed by atoms with Crippen molar-refractivity contribution in [1.82, 2.24) is 0 Å². The van der Waals surface area contributed by atoms with Gasteiger partial charge in [0.2, 0.25) is 0 Å². The maximum absolute atomic E-state index is 12.8. The van der Waals surface area contributed by atoms with Gasteiger partial charge >= 0.3 is 0 Å². The zero-order chi connectivity index (χ0) is 20.0. The van der Waals surface area contributed by atoms with Gasteiger partial charge in [0.15, 0.2) is 5.83 Å². The van der Waals surface area contributed by atoms with Crippen molar-refractivity contribution in [2.24, 2.45) is 11.8 Å². The van der Waals surface area contributed by atoms with Crippen LogP contribution in [0.4, 0.5) is 4.39 Å². The lowest BCUT2D eigenvalue weighted by Gasteiger charge is -2.28. The largest absolute Gasteiger partial charge is 0.196 e. The molecular formula is C26H38FN. The number of benzene rings is 1. The molecule has 0 N–H and O–H groups in total. The maximum Gasteiger partial charge on any atom is 0.196 e. The minimum absolute atomic E-state index is 0.625. The van der Waals surface area contributed by atoms with Crippen LogP contribution >= 0.6 is 0 Å². The molecule has 154 valence electrons. The molecule has 1 saturated carbocycles. The van der Waals surface area contributed by atoms with Crippen LogP contribution in [-0.4, -0.2) is 0 Å². The smallest absolute Gasteiger partial charge is 0.195 e. The standard InChI is InChI=1S/C26H38FN/c1-2-3-4-8-22-13-15-23(16-14-22)9-5-6-10-24-17-19-25(20-18-24)11-7-12-26(27)21-28/h12-16,24-25H,2-11,17-20H2,1H3/b26-12-/t24-,25-. The van der Waals surface area contributed by atoms with Crippen LogP contribution in [0.3, 0.4) is 0 Å². The summed E-state index contributed by atoms with van der Waals surface area (Å²) in [5.41, 5.74) is 2.97. The van der Waals surface area contributed by atoms with Gasteiger partial charge in [0.25, 0.3) is 0 Å². The lowest BCUT2D eigenvalue weighted by Crippen LogP contribution is -2.14. The lowest BCUT2D eigenvalue weighted by molar-refractivity contribution is 0.250. The van der Waals surface area contributed by atoms with E-state index in [1.54, 1.807) is 6.07 Å². The lowest BCUT2D eigenvalue weighted by atomic mass is 9.78. The third-order valence-corrected chi connectivity index (χ3v) is 6.39. The number of unbranched alkanes of at least 4 members (excludes halogenated alkanes) is 3. The summed E-state index contributed by atoms with van der Waals surface area (Å²) in [5.74, 6) is 0.998. The molecule has 1 aromatic carbocycles. The molecule has 0 unspecified atom stereocenters. The third-order valence-electron chi connectivity index (χ3n) is 6.39. The Bertz CT molecular complexity index is 602. The summed E-state index contributed by atoms with van der Waals surface area (Å²) in [6.07, 6.45) is 18.8. The molecule has 0 amide bonds. The zero-order valence-corrected chi connectivity index (χ0v) is 17.8. The number of allylic oxidation sites excluding steroid dienone is 2. The molecule has 0 radical (unpaired) electrons. The van der Waals surface area contributed by atoms with Gasteiger partial charge in [0.05, 0.1) is 0 Å². The Balaban J connectivity index is 1.54. The fourth-order valence-electron chi connectivity index (χ4n) is 4.51. The second-order valence-corrected chi connectivity index (χ2v) is 8.65. The van der Waals surface area contributed by atoms with Gasteiger partial charge < -0.3 is 0 Å². The number of hydrogen-bond donors (Lipinski definition) is 0. The fourth-order valence-corrected chi connectivity index (χ4v) is 4.51. The first kappa shape index (κ1) is 22.7. The first-order valence-corrected chi connectivity index (χ1v) is 11.5. The number of nitriles is 1. The molecule has 2 heteroatoms. The second-order valence-electron chi connectivity index (χ2n) is 8.65. The summed E-state index contributed by atoms with van der Waals surface area (Å²) in [5, 5.41) is 8.44. The number of aryl methyl sites for hydroxylation is 2. The van der Waals surface area contributed by atoms with Crippen LogP contribution in [0.5, 0.6) is 0 Å². The van der Waals surface area contributed by atoms with E-state index in [0.717, 1.165) is 18.3 Å². The van der Waals surface area contributed by atoms with E-state index >= 15 is 0 Å². The van der Waals surface area contributed by atoms with E-state index in [2.05, 4.69) is 31.2 Å². The van der Waals surface area contributed by atoms with Crippen LogP contribution in [0.15, 0.2) is 36.2 Å². The molecule has 2 rings (SSSR count). The molecule has 1 fully saturated rings. The predicted octanol–water partition coefficient (Wildman–Crippen LogP) is 8.10. The van der Waals surface area contributed by atoms with Gasteiger partial charge in [0.1, 0.15) is 6.07 Å². The summed E-state index contributed by atoms with van der Waals surface area (Å²) < 4.78 is 12.8. The van der Waals surface area contributed by atoms with E-state index in [1.807, 2.05) is 0 Å². The molecule has 0 heterocycles. The van der Waals surface area contributed by atoms with E-state index in [9.17, 15) is 4.39 Å². The van der Waals surface area contributed by atoms with Crippen molar-refractivity contribution in [2.75, 3.05) is 0 Å². The number of halogens is 1. The molecule has 0 aliphatic heterocycles. The van der Waals surface area contributed by atoms with Gasteiger partial charge in [-0.1, -0.05) is 82.6 Å². The molecule has 0 aromatic heterocycles. The van der Waals surface area contributed by atoms with Gasteiger partial charge in [-0.2, -0.15) is 9.65 Å². The van der Waals surface area contributed by atoms with E-state index in [4.69, 9.17) is 5.26 Å². The first-order valence-electron chi connectivity index (χ1n) is 11.5. The molecule has 0 atom stereocenters. The highest BCUT2D eigenvalue weighted by atomic mass is 19.1. The second kappa shape index (κ2) is 13.5. The average molecular weight is 384 g/mol. The quantitative estimate of drug-likeness (QED) is 0.264. The van der Waals surface area contributed by atoms with Crippen molar-refractivity contribution in [2.45, 2.75) is 96.8 Å². The average Bonchev–Trinajstić information content (AvgIpc) is 2.73. The Hall–Kier alpha value is -1.62. The van der Waals surface area contributed by atoms with Crippen LogP contribution in [-0.2, 0) is 12.8 Å². The maximum atomic E-state index is 12.8. The molecule has 0 spiro atoms. The van der Waals surface area contributed by atoms with Gasteiger partial charge in [-0.25, -0.2) is 0 Å². The van der Waals surface area contributed by atoms with Crippen LogP contribution in [0.2, 0.25) is 0 Å². The van der Waals surface area contributed by atoms with Crippen molar-refractivity contribution in [3.05, 3.63) is 47.3 Å². The Morgan fingerprint density at radius 1 is 0.929 bits per heavy atom. The Morgan fingerprint density at radius 2 is 1.46 bits per heavy atom. The molecule has 0 bridgehead atoms. The summed E-state index contributed by atoms with van der Waals surface area (Å²) in [6, 6.07) is 10.9.